The summed E-state index contributed by atoms with van der Waals surface area (Å²) in [5.74, 6) is 0.788. The van der Waals surface area contributed by atoms with Crippen molar-refractivity contribution >= 4 is 43.6 Å². The number of allylic oxidation sites excluding steroid dienone is 2. The normalized spacial score (nSPS) is 18.4. The molecule has 1 aromatic heterocycles. The largest absolute Gasteiger partial charge is 0.308 e. The third kappa shape index (κ3) is 3.61. The van der Waals surface area contributed by atoms with Gasteiger partial charge in [0.2, 0.25) is 5.91 Å². The highest BCUT2D eigenvalue weighted by Gasteiger charge is 2.15. The number of carbonyl (C=O) groups is 1. The molecule has 4 nitrogen and oxygen atoms in total. The van der Waals surface area contributed by atoms with E-state index in [0.29, 0.717) is 27.4 Å². The second-order valence-electron chi connectivity index (χ2n) is 3.85. The second-order valence-corrected chi connectivity index (χ2v) is 5.41. The molecule has 0 aromatic carbocycles. The van der Waals surface area contributed by atoms with Crippen molar-refractivity contribution in [1.82, 2.24) is 9.97 Å². The Balaban J connectivity index is 1.95. The van der Waals surface area contributed by atoms with E-state index in [1.165, 1.54) is 0 Å². The van der Waals surface area contributed by atoms with Crippen molar-refractivity contribution in [3.8, 4) is 0 Å². The van der Waals surface area contributed by atoms with Crippen LogP contribution in [0.5, 0.6) is 0 Å². The lowest BCUT2D eigenvalue weighted by Crippen LogP contribution is -2.16. The Morgan fingerprint density at radius 3 is 3.00 bits per heavy atom. The first kappa shape index (κ1) is 12.7. The fourth-order valence-electron chi connectivity index (χ4n) is 1.72. The molecule has 0 spiro atoms. The number of rotatable bonds is 3. The topological polar surface area (TPSA) is 54.9 Å². The van der Waals surface area contributed by atoms with Crippen LogP contribution in [0.2, 0.25) is 0 Å². The van der Waals surface area contributed by atoms with Crippen LogP contribution >= 0.6 is 31.9 Å². The van der Waals surface area contributed by atoms with Crippen molar-refractivity contribution in [1.29, 1.82) is 0 Å². The molecule has 0 aliphatic heterocycles. The Labute approximate surface area is 116 Å². The Bertz CT molecular complexity index is 462. The highest BCUT2D eigenvalue weighted by atomic mass is 79.9. The van der Waals surface area contributed by atoms with Gasteiger partial charge in [-0.25, -0.2) is 9.97 Å². The minimum atomic E-state index is -0.0288. The van der Waals surface area contributed by atoms with Crippen molar-refractivity contribution < 1.29 is 4.79 Å². The quantitative estimate of drug-likeness (QED) is 0.841. The third-order valence-electron chi connectivity index (χ3n) is 2.52. The summed E-state index contributed by atoms with van der Waals surface area (Å²) < 4.78 is 1.16. The van der Waals surface area contributed by atoms with Gasteiger partial charge in [-0.2, -0.15) is 0 Å². The predicted octanol–water partition coefficient (Wildman–Crippen LogP) is 3.30. The van der Waals surface area contributed by atoms with Gasteiger partial charge in [0.25, 0.3) is 0 Å². The fraction of sp³-hybridized carbons (Fsp3) is 0.364. The lowest BCUT2D eigenvalue weighted by Gasteiger charge is -2.08. The summed E-state index contributed by atoms with van der Waals surface area (Å²) in [4.78, 5) is 19.9. The van der Waals surface area contributed by atoms with Gasteiger partial charge in [-0.15, -0.1) is 0 Å². The Morgan fingerprint density at radius 2 is 2.35 bits per heavy atom. The van der Waals surface area contributed by atoms with E-state index >= 15 is 0 Å². The Hall–Kier alpha value is -0.750. The molecule has 2 rings (SSSR count). The summed E-state index contributed by atoms with van der Waals surface area (Å²) in [7, 11) is 0. The number of nitrogens with one attached hydrogen (secondary N) is 1. The average Bonchev–Trinajstić information content (AvgIpc) is 2.75. The molecule has 1 heterocycles. The van der Waals surface area contributed by atoms with Gasteiger partial charge in [-0.05, 0) is 50.6 Å². The minimum absolute atomic E-state index is 0.0288. The molecule has 17 heavy (non-hydrogen) atoms. The van der Waals surface area contributed by atoms with Crippen molar-refractivity contribution in [3.05, 3.63) is 27.6 Å². The van der Waals surface area contributed by atoms with Crippen LogP contribution < -0.4 is 5.32 Å². The molecule has 1 aliphatic carbocycles. The van der Waals surface area contributed by atoms with E-state index in [0.717, 1.165) is 12.8 Å². The smallest absolute Gasteiger partial charge is 0.226 e. The van der Waals surface area contributed by atoms with Crippen LogP contribution in [0.15, 0.2) is 27.6 Å². The fourth-order valence-corrected chi connectivity index (χ4v) is 2.63. The van der Waals surface area contributed by atoms with Gasteiger partial charge < -0.3 is 5.32 Å². The summed E-state index contributed by atoms with van der Waals surface area (Å²) in [6.07, 6.45) is 8.39. The van der Waals surface area contributed by atoms with E-state index in [1.54, 1.807) is 6.20 Å². The van der Waals surface area contributed by atoms with Gasteiger partial charge in [0.15, 0.2) is 5.82 Å². The molecule has 1 unspecified atom stereocenters. The van der Waals surface area contributed by atoms with Gasteiger partial charge in [-0.3, -0.25) is 4.79 Å². The van der Waals surface area contributed by atoms with Crippen molar-refractivity contribution in [2.45, 2.75) is 19.3 Å². The van der Waals surface area contributed by atoms with Crippen LogP contribution in [0.4, 0.5) is 5.82 Å². The standard InChI is InChI=1S/C11H11Br2N3O/c12-8-6-14-11(10(13)15-8)16-9(17)5-7-3-1-2-4-7/h1,3,6-7H,2,4-5H2,(H,14,16,17). The number of hydrogen-bond donors (Lipinski definition) is 1. The number of amides is 1. The molecule has 0 saturated carbocycles. The molecule has 0 radical (unpaired) electrons. The highest BCUT2D eigenvalue weighted by molar-refractivity contribution is 9.11. The van der Waals surface area contributed by atoms with E-state index in [4.69, 9.17) is 0 Å². The van der Waals surface area contributed by atoms with Crippen LogP contribution in [-0.2, 0) is 4.79 Å². The Morgan fingerprint density at radius 1 is 1.53 bits per heavy atom. The molecule has 6 heteroatoms. The summed E-state index contributed by atoms with van der Waals surface area (Å²) in [5.41, 5.74) is 0. The first-order chi connectivity index (χ1) is 8.15. The number of nitrogens with zero attached hydrogens (tertiary/aromatic N) is 2. The van der Waals surface area contributed by atoms with Gasteiger partial charge in [-0.1, -0.05) is 12.2 Å². The van der Waals surface area contributed by atoms with Gasteiger partial charge in [0.05, 0.1) is 6.20 Å². The van der Waals surface area contributed by atoms with E-state index < -0.39 is 0 Å². The van der Waals surface area contributed by atoms with E-state index in [9.17, 15) is 4.79 Å². The summed E-state index contributed by atoms with van der Waals surface area (Å²) >= 11 is 6.46. The summed E-state index contributed by atoms with van der Waals surface area (Å²) in [5, 5.41) is 2.75. The van der Waals surface area contributed by atoms with Gasteiger partial charge >= 0.3 is 0 Å². The van der Waals surface area contributed by atoms with Crippen LogP contribution in [0.25, 0.3) is 0 Å². The molecular weight excluding hydrogens is 350 g/mol. The third-order valence-corrected chi connectivity index (χ3v) is 3.45. The first-order valence-electron chi connectivity index (χ1n) is 5.29. The summed E-state index contributed by atoms with van der Waals surface area (Å²) in [6, 6.07) is 0. The maximum absolute atomic E-state index is 11.8. The molecule has 1 aromatic rings. The SMILES string of the molecule is O=C(CC1C=CCC1)Nc1ncc(Br)nc1Br. The second kappa shape index (κ2) is 5.73. The minimum Gasteiger partial charge on any atom is -0.308 e. The molecule has 1 amide bonds. The maximum Gasteiger partial charge on any atom is 0.226 e. The number of anilines is 1. The number of halogens is 2. The highest BCUT2D eigenvalue weighted by Crippen LogP contribution is 2.23. The molecule has 0 saturated heterocycles. The zero-order valence-corrected chi connectivity index (χ0v) is 12.2. The predicted molar refractivity (Wildman–Crippen MR) is 72.5 cm³/mol. The van der Waals surface area contributed by atoms with Crippen molar-refractivity contribution in [2.75, 3.05) is 5.32 Å². The number of aromatic nitrogens is 2. The first-order valence-corrected chi connectivity index (χ1v) is 6.88. The van der Waals surface area contributed by atoms with Gasteiger partial charge in [0, 0.05) is 6.42 Å². The summed E-state index contributed by atoms with van der Waals surface area (Å²) in [6.45, 7) is 0. The molecule has 0 fully saturated rings. The zero-order chi connectivity index (χ0) is 12.3. The zero-order valence-electron chi connectivity index (χ0n) is 8.99. The molecule has 90 valence electrons. The lowest BCUT2D eigenvalue weighted by molar-refractivity contribution is -0.116. The van der Waals surface area contributed by atoms with Crippen LogP contribution in [-0.4, -0.2) is 15.9 Å². The lowest BCUT2D eigenvalue weighted by atomic mass is 10.1. The van der Waals surface area contributed by atoms with Gasteiger partial charge in [0.1, 0.15) is 9.21 Å². The Kier molecular flexibility index (Phi) is 4.28. The molecule has 1 N–H and O–H groups in total. The van der Waals surface area contributed by atoms with Crippen molar-refractivity contribution in [3.63, 3.8) is 0 Å². The van der Waals surface area contributed by atoms with E-state index in [2.05, 4.69) is 59.3 Å². The number of carbonyl (C=O) groups excluding carboxylic acids is 1. The van der Waals surface area contributed by atoms with Crippen LogP contribution in [0.3, 0.4) is 0 Å². The van der Waals surface area contributed by atoms with Crippen molar-refractivity contribution in [2.24, 2.45) is 5.92 Å². The molecule has 0 bridgehead atoms. The number of hydrogen-bond acceptors (Lipinski definition) is 3. The van der Waals surface area contributed by atoms with E-state index in [1.807, 2.05) is 0 Å². The monoisotopic (exact) mass is 359 g/mol. The molecule has 1 aliphatic rings. The van der Waals surface area contributed by atoms with E-state index in [-0.39, 0.29) is 5.91 Å². The molecular formula is C11H11Br2N3O. The maximum atomic E-state index is 11.8. The van der Waals surface area contributed by atoms with Crippen LogP contribution in [0.1, 0.15) is 19.3 Å². The molecule has 1 atom stereocenters. The van der Waals surface area contributed by atoms with Crippen LogP contribution in [0, 0.1) is 5.92 Å². The average molecular weight is 361 g/mol.